The van der Waals surface area contributed by atoms with Crippen LogP contribution in [-0.4, -0.2) is 55.9 Å². The van der Waals surface area contributed by atoms with Crippen molar-refractivity contribution in [1.29, 1.82) is 0 Å². The summed E-state index contributed by atoms with van der Waals surface area (Å²) in [5.74, 6) is 0.282. The molecule has 1 aliphatic rings. The Balaban J connectivity index is 1.56. The molecule has 1 aromatic carbocycles. The van der Waals surface area contributed by atoms with Crippen LogP contribution in [0.2, 0.25) is 0 Å². The number of benzene rings is 1. The number of morpholine rings is 1. The summed E-state index contributed by atoms with van der Waals surface area (Å²) in [6, 6.07) is 4.51. The fourth-order valence-corrected chi connectivity index (χ4v) is 3.36. The largest absolute Gasteiger partial charge is 0.493 e. The molecule has 1 aromatic heterocycles. The Morgan fingerprint density at radius 3 is 2.72 bits per heavy atom. The Hall–Kier alpha value is -3.21. The van der Waals surface area contributed by atoms with Gasteiger partial charge in [-0.25, -0.2) is 4.98 Å². The molecule has 0 atom stereocenters. The van der Waals surface area contributed by atoms with Crippen LogP contribution < -0.4 is 25.2 Å². The van der Waals surface area contributed by atoms with Crippen LogP contribution in [0.5, 0.6) is 11.5 Å². The summed E-state index contributed by atoms with van der Waals surface area (Å²) in [5.41, 5.74) is 1.33. The normalized spacial score (nSPS) is 13.8. The second-order valence-corrected chi connectivity index (χ2v) is 7.19. The molecule has 0 unspecified atom stereocenters. The lowest BCUT2D eigenvalue weighted by molar-refractivity contribution is -0.121. The molecule has 0 radical (unpaired) electrons. The second kappa shape index (κ2) is 10.9. The van der Waals surface area contributed by atoms with Crippen LogP contribution in [0.15, 0.2) is 23.0 Å². The molecule has 0 bridgehead atoms. The highest BCUT2D eigenvalue weighted by Crippen LogP contribution is 2.29. The molecule has 174 valence electrons. The van der Waals surface area contributed by atoms with E-state index in [4.69, 9.17) is 9.47 Å². The monoisotopic (exact) mass is 452 g/mol. The molecule has 3 rings (SSSR count). The van der Waals surface area contributed by atoms with Gasteiger partial charge in [0.25, 0.3) is 5.56 Å². The van der Waals surface area contributed by atoms with Crippen molar-refractivity contribution in [3.05, 3.63) is 45.4 Å². The topological polar surface area (TPSA) is 106 Å². The molecule has 1 amide bonds. The SMILES string of the molecule is COc1ccc(CNC(=O)CCc2c(C)nc(N3CCOCC3)[nH]c2=O)cc1OC(F)F. The number of hydrogen-bond acceptors (Lipinski definition) is 7. The molecular formula is C21H26F2N4O5. The number of amides is 1. The van der Waals surface area contributed by atoms with E-state index in [9.17, 15) is 18.4 Å². The van der Waals surface area contributed by atoms with Crippen LogP contribution >= 0.6 is 0 Å². The fourth-order valence-electron chi connectivity index (χ4n) is 3.36. The zero-order valence-corrected chi connectivity index (χ0v) is 18.0. The number of halogens is 2. The summed E-state index contributed by atoms with van der Waals surface area (Å²) >= 11 is 0. The Labute approximate surface area is 183 Å². The van der Waals surface area contributed by atoms with Crippen molar-refractivity contribution in [3.8, 4) is 11.5 Å². The molecule has 2 N–H and O–H groups in total. The van der Waals surface area contributed by atoms with Gasteiger partial charge in [0, 0.05) is 37.3 Å². The maximum absolute atomic E-state index is 12.6. The smallest absolute Gasteiger partial charge is 0.387 e. The number of nitrogens with one attached hydrogen (secondary N) is 2. The van der Waals surface area contributed by atoms with Crippen molar-refractivity contribution in [3.63, 3.8) is 0 Å². The van der Waals surface area contributed by atoms with Gasteiger partial charge in [0.2, 0.25) is 11.9 Å². The van der Waals surface area contributed by atoms with Crippen molar-refractivity contribution in [2.75, 3.05) is 38.3 Å². The molecule has 1 fully saturated rings. The Bertz CT molecular complexity index is 993. The number of carbonyl (C=O) groups excluding carboxylic acids is 1. The van der Waals surface area contributed by atoms with Gasteiger partial charge in [-0.1, -0.05) is 6.07 Å². The summed E-state index contributed by atoms with van der Waals surface area (Å²) in [4.78, 5) is 34.0. The number of methoxy groups -OCH3 is 1. The molecule has 32 heavy (non-hydrogen) atoms. The summed E-state index contributed by atoms with van der Waals surface area (Å²) in [7, 11) is 1.35. The van der Waals surface area contributed by atoms with E-state index in [1.165, 1.54) is 19.2 Å². The van der Waals surface area contributed by atoms with Crippen LogP contribution in [0.1, 0.15) is 23.2 Å². The van der Waals surface area contributed by atoms with Crippen molar-refractivity contribution < 1.29 is 27.8 Å². The van der Waals surface area contributed by atoms with Crippen LogP contribution in [0.3, 0.4) is 0 Å². The number of hydrogen-bond donors (Lipinski definition) is 2. The first kappa shape index (κ1) is 23.5. The lowest BCUT2D eigenvalue weighted by Crippen LogP contribution is -2.38. The minimum Gasteiger partial charge on any atom is -0.493 e. The van der Waals surface area contributed by atoms with Gasteiger partial charge in [0.1, 0.15) is 0 Å². The molecule has 0 aliphatic carbocycles. The van der Waals surface area contributed by atoms with Gasteiger partial charge in [-0.3, -0.25) is 14.6 Å². The van der Waals surface area contributed by atoms with Gasteiger partial charge in [-0.15, -0.1) is 0 Å². The van der Waals surface area contributed by atoms with Gasteiger partial charge >= 0.3 is 6.61 Å². The predicted molar refractivity (Wildman–Crippen MR) is 112 cm³/mol. The van der Waals surface area contributed by atoms with Gasteiger partial charge in [-0.05, 0) is 31.0 Å². The van der Waals surface area contributed by atoms with E-state index in [2.05, 4.69) is 20.0 Å². The summed E-state index contributed by atoms with van der Waals surface area (Å²) < 4.78 is 39.8. The number of aromatic amines is 1. The van der Waals surface area contributed by atoms with E-state index >= 15 is 0 Å². The number of ether oxygens (including phenoxy) is 3. The number of aryl methyl sites for hydroxylation is 1. The third-order valence-electron chi connectivity index (χ3n) is 5.06. The maximum atomic E-state index is 12.6. The number of H-pyrrole nitrogens is 1. The Morgan fingerprint density at radius 1 is 1.31 bits per heavy atom. The molecular weight excluding hydrogens is 426 g/mol. The number of carbonyl (C=O) groups is 1. The van der Waals surface area contributed by atoms with Crippen LogP contribution in [0.4, 0.5) is 14.7 Å². The number of anilines is 1. The van der Waals surface area contributed by atoms with Gasteiger partial charge < -0.3 is 24.4 Å². The first-order valence-electron chi connectivity index (χ1n) is 10.2. The Morgan fingerprint density at radius 2 is 2.06 bits per heavy atom. The van der Waals surface area contributed by atoms with Gasteiger partial charge in [0.15, 0.2) is 11.5 Å². The molecule has 11 heteroatoms. The van der Waals surface area contributed by atoms with E-state index < -0.39 is 6.61 Å². The molecule has 2 heterocycles. The lowest BCUT2D eigenvalue weighted by Gasteiger charge is -2.27. The zero-order chi connectivity index (χ0) is 23.1. The number of nitrogens with zero attached hydrogens (tertiary/aromatic N) is 2. The number of aromatic nitrogens is 2. The molecule has 9 nitrogen and oxygen atoms in total. The van der Waals surface area contributed by atoms with E-state index in [0.29, 0.717) is 49.1 Å². The molecule has 0 spiro atoms. The van der Waals surface area contributed by atoms with E-state index in [0.717, 1.165) is 0 Å². The van der Waals surface area contributed by atoms with Gasteiger partial charge in [0.05, 0.1) is 20.3 Å². The third-order valence-corrected chi connectivity index (χ3v) is 5.06. The van der Waals surface area contributed by atoms with Crippen molar-refractivity contribution in [2.24, 2.45) is 0 Å². The fraction of sp³-hybridized carbons (Fsp3) is 0.476. The number of rotatable bonds is 9. The lowest BCUT2D eigenvalue weighted by atomic mass is 10.1. The zero-order valence-electron chi connectivity index (χ0n) is 18.0. The average molecular weight is 452 g/mol. The van der Waals surface area contributed by atoms with Gasteiger partial charge in [-0.2, -0.15) is 8.78 Å². The van der Waals surface area contributed by atoms with Crippen molar-refractivity contribution in [1.82, 2.24) is 15.3 Å². The molecule has 0 saturated carbocycles. The first-order chi connectivity index (χ1) is 15.4. The van der Waals surface area contributed by atoms with Crippen molar-refractivity contribution >= 4 is 11.9 Å². The van der Waals surface area contributed by atoms with Crippen LogP contribution in [0.25, 0.3) is 0 Å². The Kier molecular flexibility index (Phi) is 7.98. The maximum Gasteiger partial charge on any atom is 0.387 e. The molecule has 2 aromatic rings. The highest BCUT2D eigenvalue weighted by atomic mass is 19.3. The minimum atomic E-state index is -2.99. The second-order valence-electron chi connectivity index (χ2n) is 7.19. The van der Waals surface area contributed by atoms with E-state index in [-0.39, 0.29) is 42.4 Å². The van der Waals surface area contributed by atoms with E-state index in [1.807, 2.05) is 4.90 Å². The highest BCUT2D eigenvalue weighted by molar-refractivity contribution is 5.76. The summed E-state index contributed by atoms with van der Waals surface area (Å²) in [5, 5.41) is 2.71. The first-order valence-corrected chi connectivity index (χ1v) is 10.2. The third kappa shape index (κ3) is 6.16. The predicted octanol–water partition coefficient (Wildman–Crippen LogP) is 1.77. The quantitative estimate of drug-likeness (QED) is 0.597. The number of alkyl halides is 2. The van der Waals surface area contributed by atoms with Crippen LogP contribution in [0, 0.1) is 6.92 Å². The van der Waals surface area contributed by atoms with Crippen molar-refractivity contribution in [2.45, 2.75) is 32.9 Å². The summed E-state index contributed by atoms with van der Waals surface area (Å²) in [6.07, 6.45) is 0.310. The minimum absolute atomic E-state index is 0.0824. The highest BCUT2D eigenvalue weighted by Gasteiger charge is 2.17. The molecule has 1 aliphatic heterocycles. The van der Waals surface area contributed by atoms with Crippen LogP contribution in [-0.2, 0) is 22.5 Å². The summed E-state index contributed by atoms with van der Waals surface area (Å²) in [6.45, 7) is 1.33. The standard InChI is InChI=1S/C21H26F2N4O5/c1-13-15(19(29)26-21(25-13)27-7-9-31-10-8-27)4-6-18(28)24-12-14-3-5-16(30-2)17(11-14)32-20(22)23/h3,5,11,20H,4,6-10,12H2,1-2H3,(H,24,28)(H,25,26,29). The molecule has 1 saturated heterocycles. The average Bonchev–Trinajstić information content (AvgIpc) is 2.77. The van der Waals surface area contributed by atoms with E-state index in [1.54, 1.807) is 13.0 Å².